The second-order valence-electron chi connectivity index (χ2n) is 4.40. The smallest absolute Gasteiger partial charge is 0.155 e. The maximum absolute atomic E-state index is 9.43. The van der Waals surface area contributed by atoms with E-state index in [0.717, 1.165) is 0 Å². The molecule has 0 rings (SSSR count). The molecule has 0 aromatic carbocycles. The molecule has 0 aliphatic carbocycles. The monoisotopic (exact) mass is 190 g/mol. The summed E-state index contributed by atoms with van der Waals surface area (Å²) in [4.78, 5) is 0. The highest BCUT2D eigenvalue weighted by atomic mass is 16.6. The van der Waals surface area contributed by atoms with Crippen molar-refractivity contribution in [3.8, 4) is 0 Å². The summed E-state index contributed by atoms with van der Waals surface area (Å²) in [6, 6.07) is 0. The first-order valence-electron chi connectivity index (χ1n) is 4.80. The Morgan fingerprint density at radius 2 is 1.85 bits per heavy atom. The van der Waals surface area contributed by atoms with E-state index in [1.165, 1.54) is 0 Å². The van der Waals surface area contributed by atoms with E-state index >= 15 is 0 Å². The second-order valence-corrected chi connectivity index (χ2v) is 4.40. The van der Waals surface area contributed by atoms with Crippen molar-refractivity contribution < 1.29 is 14.9 Å². The Morgan fingerprint density at radius 3 is 2.23 bits per heavy atom. The summed E-state index contributed by atoms with van der Waals surface area (Å²) in [5.74, 6) is 0.500. The minimum Gasteiger partial charge on any atom is -0.394 e. The van der Waals surface area contributed by atoms with Gasteiger partial charge in [0, 0.05) is 6.42 Å². The molecule has 13 heavy (non-hydrogen) atoms. The molecule has 0 fully saturated rings. The minimum atomic E-state index is -0.760. The molecule has 0 saturated carbocycles. The molecule has 0 radical (unpaired) electrons. The highest BCUT2D eigenvalue weighted by molar-refractivity contribution is 4.73. The number of ether oxygens (including phenoxy) is 1. The van der Waals surface area contributed by atoms with Gasteiger partial charge >= 0.3 is 0 Å². The van der Waals surface area contributed by atoms with Crippen LogP contribution in [0.4, 0.5) is 0 Å². The molecular formula is C10H22O3. The van der Waals surface area contributed by atoms with Crippen LogP contribution in [0.5, 0.6) is 0 Å². The van der Waals surface area contributed by atoms with Gasteiger partial charge in [0.25, 0.3) is 0 Å². The third kappa shape index (κ3) is 5.24. The molecule has 0 amide bonds. The molecule has 1 unspecified atom stereocenters. The van der Waals surface area contributed by atoms with E-state index in [2.05, 4.69) is 27.7 Å². The van der Waals surface area contributed by atoms with Gasteiger partial charge in [-0.1, -0.05) is 27.7 Å². The van der Waals surface area contributed by atoms with Gasteiger partial charge in [-0.2, -0.15) is 0 Å². The van der Waals surface area contributed by atoms with Crippen molar-refractivity contribution in [1.29, 1.82) is 0 Å². The van der Waals surface area contributed by atoms with Crippen LogP contribution in [-0.4, -0.2) is 29.7 Å². The predicted octanol–water partition coefficient (Wildman–Crippen LogP) is 1.39. The molecular weight excluding hydrogens is 168 g/mol. The average molecular weight is 190 g/mol. The third-order valence-corrected chi connectivity index (χ3v) is 2.67. The normalized spacial score (nSPS) is 15.0. The quantitative estimate of drug-likeness (QED) is 0.622. The lowest BCUT2D eigenvalue weighted by molar-refractivity contribution is -0.130. The van der Waals surface area contributed by atoms with Crippen molar-refractivity contribution in [2.24, 2.45) is 11.3 Å². The first kappa shape index (κ1) is 12.9. The summed E-state index contributed by atoms with van der Waals surface area (Å²) >= 11 is 0. The number of aliphatic hydroxyl groups excluding tert-OH is 2. The first-order valence-corrected chi connectivity index (χ1v) is 4.80. The highest BCUT2D eigenvalue weighted by Gasteiger charge is 2.25. The first-order chi connectivity index (χ1) is 5.90. The Kier molecular flexibility index (Phi) is 5.53. The zero-order valence-corrected chi connectivity index (χ0v) is 9.08. The number of hydrogen-bond acceptors (Lipinski definition) is 3. The Balaban J connectivity index is 3.82. The summed E-state index contributed by atoms with van der Waals surface area (Å²) in [5.41, 5.74) is 0.0644. The Bertz CT molecular complexity index is 132. The van der Waals surface area contributed by atoms with Crippen molar-refractivity contribution in [2.75, 3.05) is 13.2 Å². The molecule has 0 aliphatic rings. The Morgan fingerprint density at radius 1 is 1.31 bits per heavy atom. The summed E-state index contributed by atoms with van der Waals surface area (Å²) in [6.07, 6.45) is -0.158. The third-order valence-electron chi connectivity index (χ3n) is 2.67. The van der Waals surface area contributed by atoms with E-state index in [1.54, 1.807) is 0 Å². The van der Waals surface area contributed by atoms with Gasteiger partial charge in [0.05, 0.1) is 13.2 Å². The lowest BCUT2D eigenvalue weighted by Gasteiger charge is -2.31. The molecule has 0 saturated heterocycles. The van der Waals surface area contributed by atoms with Crippen LogP contribution in [0.25, 0.3) is 0 Å². The van der Waals surface area contributed by atoms with E-state index in [-0.39, 0.29) is 18.6 Å². The topological polar surface area (TPSA) is 49.7 Å². The summed E-state index contributed by atoms with van der Waals surface area (Å²) in [7, 11) is 0. The molecule has 0 aliphatic heterocycles. The molecule has 3 nitrogen and oxygen atoms in total. The van der Waals surface area contributed by atoms with Crippen LogP contribution >= 0.6 is 0 Å². The van der Waals surface area contributed by atoms with Gasteiger partial charge in [-0.25, -0.2) is 0 Å². The zero-order chi connectivity index (χ0) is 10.5. The highest BCUT2D eigenvalue weighted by Crippen LogP contribution is 2.31. The molecule has 0 spiro atoms. The second kappa shape index (κ2) is 5.58. The average Bonchev–Trinajstić information content (AvgIpc) is 1.99. The fourth-order valence-corrected chi connectivity index (χ4v) is 0.933. The van der Waals surface area contributed by atoms with Gasteiger partial charge in [-0.3, -0.25) is 0 Å². The molecule has 80 valence electrons. The van der Waals surface area contributed by atoms with Crippen LogP contribution in [0, 0.1) is 11.3 Å². The molecule has 3 heteroatoms. The van der Waals surface area contributed by atoms with Gasteiger partial charge in [0.15, 0.2) is 6.29 Å². The molecule has 2 N–H and O–H groups in total. The van der Waals surface area contributed by atoms with Crippen LogP contribution < -0.4 is 0 Å². The largest absolute Gasteiger partial charge is 0.394 e. The molecule has 0 aromatic heterocycles. The summed E-state index contributed by atoms with van der Waals surface area (Å²) in [5, 5.41) is 17.9. The maximum Gasteiger partial charge on any atom is 0.155 e. The van der Waals surface area contributed by atoms with Crippen LogP contribution in [0.2, 0.25) is 0 Å². The number of aliphatic hydroxyl groups is 2. The van der Waals surface area contributed by atoms with Gasteiger partial charge < -0.3 is 14.9 Å². The van der Waals surface area contributed by atoms with Crippen molar-refractivity contribution in [3.05, 3.63) is 0 Å². The van der Waals surface area contributed by atoms with Crippen LogP contribution in [0.3, 0.4) is 0 Å². The van der Waals surface area contributed by atoms with Crippen LogP contribution in [0.1, 0.15) is 34.1 Å². The van der Waals surface area contributed by atoms with E-state index in [0.29, 0.717) is 12.3 Å². The SMILES string of the molecule is CC(C)C(C)(C)CC(O)OCCO. The van der Waals surface area contributed by atoms with Crippen molar-refractivity contribution >= 4 is 0 Å². The van der Waals surface area contributed by atoms with E-state index in [4.69, 9.17) is 9.84 Å². The lowest BCUT2D eigenvalue weighted by Crippen LogP contribution is -2.27. The van der Waals surface area contributed by atoms with Gasteiger partial charge in [-0.15, -0.1) is 0 Å². The van der Waals surface area contributed by atoms with Gasteiger partial charge in [0.1, 0.15) is 0 Å². The molecule has 1 atom stereocenters. The fourth-order valence-electron chi connectivity index (χ4n) is 0.933. The van der Waals surface area contributed by atoms with E-state index in [1.807, 2.05) is 0 Å². The standard InChI is InChI=1S/C10H22O3/c1-8(2)10(3,4)7-9(12)13-6-5-11/h8-9,11-12H,5-7H2,1-4H3. The van der Waals surface area contributed by atoms with E-state index < -0.39 is 6.29 Å². The molecule has 0 heterocycles. The Labute approximate surface area is 80.7 Å². The van der Waals surface area contributed by atoms with Crippen molar-refractivity contribution in [2.45, 2.75) is 40.4 Å². The Hall–Kier alpha value is -0.120. The number of rotatable bonds is 6. The lowest BCUT2D eigenvalue weighted by atomic mass is 9.78. The van der Waals surface area contributed by atoms with Crippen LogP contribution in [-0.2, 0) is 4.74 Å². The van der Waals surface area contributed by atoms with Gasteiger partial charge in [-0.05, 0) is 11.3 Å². The van der Waals surface area contributed by atoms with Gasteiger partial charge in [0.2, 0.25) is 0 Å². The van der Waals surface area contributed by atoms with Crippen molar-refractivity contribution in [1.82, 2.24) is 0 Å². The summed E-state index contributed by atoms with van der Waals surface area (Å²) < 4.78 is 4.98. The number of hydrogen-bond donors (Lipinski definition) is 2. The fraction of sp³-hybridized carbons (Fsp3) is 1.00. The zero-order valence-electron chi connectivity index (χ0n) is 9.08. The van der Waals surface area contributed by atoms with Crippen molar-refractivity contribution in [3.63, 3.8) is 0 Å². The molecule has 0 bridgehead atoms. The van der Waals surface area contributed by atoms with Crippen LogP contribution in [0.15, 0.2) is 0 Å². The van der Waals surface area contributed by atoms with E-state index in [9.17, 15) is 5.11 Å². The maximum atomic E-state index is 9.43. The predicted molar refractivity (Wildman–Crippen MR) is 52.3 cm³/mol. The minimum absolute atomic E-state index is 0.0425. The molecule has 0 aromatic rings. The summed E-state index contributed by atoms with van der Waals surface area (Å²) in [6.45, 7) is 8.61.